The first-order valence-corrected chi connectivity index (χ1v) is 10.9. The van der Waals surface area contributed by atoms with E-state index >= 15 is 0 Å². The number of hydrogen-bond acceptors (Lipinski definition) is 4. The van der Waals surface area contributed by atoms with Crippen LogP contribution >= 0.6 is 0 Å². The number of aromatic nitrogens is 2. The zero-order chi connectivity index (χ0) is 20.2. The second-order valence-electron chi connectivity index (χ2n) is 7.31. The van der Waals surface area contributed by atoms with Crippen LogP contribution in [0.4, 0.5) is 0 Å². The number of aryl methyl sites for hydroxylation is 2. The van der Waals surface area contributed by atoms with Crippen molar-refractivity contribution in [2.75, 3.05) is 39.5 Å². The van der Waals surface area contributed by atoms with Gasteiger partial charge >= 0.3 is 0 Å². The van der Waals surface area contributed by atoms with E-state index in [4.69, 9.17) is 14.5 Å². The zero-order valence-corrected chi connectivity index (χ0v) is 18.2. The van der Waals surface area contributed by atoms with Crippen LogP contribution in [-0.2, 0) is 35.9 Å². The van der Waals surface area contributed by atoms with Crippen LogP contribution in [0.15, 0.2) is 4.99 Å². The van der Waals surface area contributed by atoms with E-state index in [0.717, 1.165) is 83.3 Å². The highest BCUT2D eigenvalue weighted by Gasteiger charge is 2.14. The minimum absolute atomic E-state index is 0.662. The summed E-state index contributed by atoms with van der Waals surface area (Å²) in [4.78, 5) is 4.79. The van der Waals surface area contributed by atoms with Gasteiger partial charge in [-0.1, -0.05) is 13.8 Å². The minimum atomic E-state index is 0.662. The summed E-state index contributed by atoms with van der Waals surface area (Å²) in [7, 11) is 2.02. The number of hydrogen-bond donors (Lipinski definition) is 2. The van der Waals surface area contributed by atoms with Crippen LogP contribution in [0.5, 0.6) is 0 Å². The molecule has 0 bridgehead atoms. The highest BCUT2D eigenvalue weighted by Crippen LogP contribution is 2.16. The van der Waals surface area contributed by atoms with E-state index in [0.29, 0.717) is 12.5 Å². The van der Waals surface area contributed by atoms with Gasteiger partial charge in [0.2, 0.25) is 0 Å². The third-order valence-corrected chi connectivity index (χ3v) is 5.22. The standard InChI is InChI=1S/C21H39N5O2/c1-5-19-18(20(6-2)26(4)25-19)15-24-21(22-7-3)23-11-8-12-28-16-17-9-13-27-14-10-17/h17H,5-16H2,1-4H3,(H2,22,23,24). The molecule has 0 unspecified atom stereocenters. The maximum absolute atomic E-state index is 5.84. The Bertz CT molecular complexity index is 594. The predicted molar refractivity (Wildman–Crippen MR) is 114 cm³/mol. The van der Waals surface area contributed by atoms with E-state index in [1.54, 1.807) is 0 Å². The lowest BCUT2D eigenvalue weighted by atomic mass is 10.0. The summed E-state index contributed by atoms with van der Waals surface area (Å²) < 4.78 is 13.2. The molecule has 1 fully saturated rings. The van der Waals surface area contributed by atoms with E-state index in [1.165, 1.54) is 11.3 Å². The zero-order valence-electron chi connectivity index (χ0n) is 18.2. The van der Waals surface area contributed by atoms with Crippen LogP contribution in [0, 0.1) is 5.92 Å². The molecular formula is C21H39N5O2. The summed E-state index contributed by atoms with van der Waals surface area (Å²) in [5, 5.41) is 11.4. The average molecular weight is 394 g/mol. The van der Waals surface area contributed by atoms with Crippen LogP contribution in [0.3, 0.4) is 0 Å². The lowest BCUT2D eigenvalue weighted by Crippen LogP contribution is -2.38. The number of nitrogens with zero attached hydrogens (tertiary/aromatic N) is 3. The fraction of sp³-hybridized carbons (Fsp3) is 0.810. The third kappa shape index (κ3) is 7.09. The third-order valence-electron chi connectivity index (χ3n) is 5.22. The van der Waals surface area contributed by atoms with E-state index < -0.39 is 0 Å². The summed E-state index contributed by atoms with van der Waals surface area (Å²) >= 11 is 0. The van der Waals surface area contributed by atoms with Crippen LogP contribution in [0.25, 0.3) is 0 Å². The normalized spacial score (nSPS) is 15.8. The summed E-state index contributed by atoms with van der Waals surface area (Å²) in [5.41, 5.74) is 3.70. The van der Waals surface area contributed by atoms with Crippen molar-refractivity contribution in [2.45, 2.75) is 59.4 Å². The molecule has 0 atom stereocenters. The molecule has 1 aliphatic heterocycles. The monoisotopic (exact) mass is 393 g/mol. The van der Waals surface area contributed by atoms with Crippen molar-refractivity contribution in [3.05, 3.63) is 17.0 Å². The molecule has 0 aliphatic carbocycles. The van der Waals surface area contributed by atoms with E-state index in [2.05, 4.69) is 36.5 Å². The van der Waals surface area contributed by atoms with Gasteiger partial charge in [-0.05, 0) is 44.9 Å². The molecule has 0 aromatic carbocycles. The number of nitrogens with one attached hydrogen (secondary N) is 2. The number of ether oxygens (including phenoxy) is 2. The van der Waals surface area contributed by atoms with Crippen LogP contribution in [-0.4, -0.2) is 55.3 Å². The van der Waals surface area contributed by atoms with E-state index in [9.17, 15) is 0 Å². The van der Waals surface area contributed by atoms with Gasteiger partial charge in [0.15, 0.2) is 5.96 Å². The molecular weight excluding hydrogens is 354 g/mol. The van der Waals surface area contributed by atoms with Gasteiger partial charge < -0.3 is 20.1 Å². The summed E-state index contributed by atoms with van der Waals surface area (Å²) in [6.45, 7) is 12.2. The Morgan fingerprint density at radius 2 is 2.00 bits per heavy atom. The summed E-state index contributed by atoms with van der Waals surface area (Å²) in [6.07, 6.45) is 5.14. The maximum Gasteiger partial charge on any atom is 0.191 e. The van der Waals surface area contributed by atoms with Gasteiger partial charge in [-0.3, -0.25) is 4.68 Å². The smallest absolute Gasteiger partial charge is 0.191 e. The van der Waals surface area contributed by atoms with Gasteiger partial charge in [0.05, 0.1) is 12.2 Å². The Labute approximate surface area is 170 Å². The molecule has 0 saturated carbocycles. The van der Waals surface area contributed by atoms with Gasteiger partial charge in [-0.2, -0.15) is 5.10 Å². The fourth-order valence-electron chi connectivity index (χ4n) is 3.62. The Hall–Kier alpha value is -1.60. The molecule has 28 heavy (non-hydrogen) atoms. The quantitative estimate of drug-likeness (QED) is 0.343. The molecule has 0 spiro atoms. The molecule has 1 aliphatic rings. The molecule has 1 aromatic heterocycles. The second kappa shape index (κ2) is 12.8. The predicted octanol–water partition coefficient (Wildman–Crippen LogP) is 2.43. The number of rotatable bonds is 11. The molecule has 1 aromatic rings. The van der Waals surface area contributed by atoms with Crippen LogP contribution in [0.1, 0.15) is 57.0 Å². The van der Waals surface area contributed by atoms with Crippen molar-refractivity contribution >= 4 is 5.96 Å². The Kier molecular flexibility index (Phi) is 10.4. The van der Waals surface area contributed by atoms with Gasteiger partial charge in [0.25, 0.3) is 0 Å². The van der Waals surface area contributed by atoms with Crippen molar-refractivity contribution in [3.63, 3.8) is 0 Å². The fourth-order valence-corrected chi connectivity index (χ4v) is 3.62. The van der Waals surface area contributed by atoms with Gasteiger partial charge in [-0.25, -0.2) is 4.99 Å². The average Bonchev–Trinajstić information content (AvgIpc) is 3.03. The number of guanidine groups is 1. The first-order valence-electron chi connectivity index (χ1n) is 10.9. The highest BCUT2D eigenvalue weighted by atomic mass is 16.5. The summed E-state index contributed by atoms with van der Waals surface area (Å²) in [5.74, 6) is 1.53. The largest absolute Gasteiger partial charge is 0.381 e. The Balaban J connectivity index is 1.76. The Morgan fingerprint density at radius 3 is 2.68 bits per heavy atom. The topological polar surface area (TPSA) is 72.7 Å². The first-order chi connectivity index (χ1) is 13.7. The molecule has 0 radical (unpaired) electrons. The molecule has 1 saturated heterocycles. The maximum atomic E-state index is 5.84. The molecule has 2 heterocycles. The van der Waals surface area contributed by atoms with Crippen LogP contribution in [0.2, 0.25) is 0 Å². The molecule has 0 amide bonds. The van der Waals surface area contributed by atoms with Crippen molar-refractivity contribution in [1.29, 1.82) is 0 Å². The van der Waals surface area contributed by atoms with Gasteiger partial charge in [0.1, 0.15) is 0 Å². The number of aliphatic imine (C=N–C) groups is 1. The lowest BCUT2D eigenvalue weighted by Gasteiger charge is -2.21. The molecule has 2 rings (SSSR count). The van der Waals surface area contributed by atoms with Crippen molar-refractivity contribution in [2.24, 2.45) is 18.0 Å². The summed E-state index contributed by atoms with van der Waals surface area (Å²) in [6, 6.07) is 0. The van der Waals surface area contributed by atoms with E-state index in [-0.39, 0.29) is 0 Å². The minimum Gasteiger partial charge on any atom is -0.381 e. The van der Waals surface area contributed by atoms with Crippen LogP contribution < -0.4 is 10.6 Å². The van der Waals surface area contributed by atoms with E-state index in [1.807, 2.05) is 11.7 Å². The Morgan fingerprint density at radius 1 is 1.21 bits per heavy atom. The first kappa shape index (κ1) is 22.7. The SMILES string of the molecule is CCNC(=NCc1c(CC)nn(C)c1CC)NCCCOCC1CCOCC1. The van der Waals surface area contributed by atoms with Crippen molar-refractivity contribution in [1.82, 2.24) is 20.4 Å². The van der Waals surface area contributed by atoms with Crippen molar-refractivity contribution in [3.8, 4) is 0 Å². The second-order valence-corrected chi connectivity index (χ2v) is 7.31. The van der Waals surface area contributed by atoms with Gasteiger partial charge in [-0.15, -0.1) is 0 Å². The molecule has 2 N–H and O–H groups in total. The van der Waals surface area contributed by atoms with Crippen molar-refractivity contribution < 1.29 is 9.47 Å². The molecule has 7 heteroatoms. The highest BCUT2D eigenvalue weighted by molar-refractivity contribution is 5.79. The molecule has 7 nitrogen and oxygen atoms in total. The lowest BCUT2D eigenvalue weighted by molar-refractivity contribution is 0.0203. The molecule has 160 valence electrons. The van der Waals surface area contributed by atoms with Gasteiger partial charge in [0, 0.05) is 57.8 Å².